The summed E-state index contributed by atoms with van der Waals surface area (Å²) in [5.74, 6) is 0. The molecular weight excluding hydrogens is 671 g/mol. The van der Waals surface area contributed by atoms with Crippen molar-refractivity contribution in [3.8, 4) is 0 Å². The monoisotopic (exact) mass is 722 g/mol. The van der Waals surface area contributed by atoms with Crippen LogP contribution in [0, 0.1) is 0 Å². The zero-order chi connectivity index (χ0) is 36.1. The summed E-state index contributed by atoms with van der Waals surface area (Å²) in [7, 11) is 0. The smallest absolute Gasteiger partial charge is 0.252 e. The largest absolute Gasteiger partial charge is 0.311 e. The second kappa shape index (κ2) is 11.6. The van der Waals surface area contributed by atoms with E-state index in [1.165, 1.54) is 72.8 Å². The number of halogens is 1. The lowest BCUT2D eigenvalue weighted by Gasteiger charge is -2.45. The number of benzene rings is 5. The number of hydrogen-bond acceptors (Lipinski definition) is 2. The zero-order valence-electron chi connectivity index (χ0n) is 32.1. The summed E-state index contributed by atoms with van der Waals surface area (Å²) in [6.45, 7) is 27.8. The molecule has 0 atom stereocenters. The molecule has 0 N–H and O–H groups in total. The molecule has 4 heteroatoms. The van der Waals surface area contributed by atoms with E-state index in [0.29, 0.717) is 0 Å². The summed E-state index contributed by atoms with van der Waals surface area (Å²) >= 11 is 3.89. The zero-order valence-corrected chi connectivity index (χ0v) is 33.7. The van der Waals surface area contributed by atoms with Crippen molar-refractivity contribution >= 4 is 73.2 Å². The van der Waals surface area contributed by atoms with Gasteiger partial charge in [-0.3, -0.25) is 0 Å². The van der Waals surface area contributed by atoms with Crippen LogP contribution in [0.1, 0.15) is 105 Å². The Labute approximate surface area is 310 Å². The number of fused-ring (bicyclic) bond motifs is 4. The van der Waals surface area contributed by atoms with E-state index in [1.54, 1.807) is 0 Å². The molecule has 5 aromatic carbocycles. The van der Waals surface area contributed by atoms with Gasteiger partial charge in [-0.15, -0.1) is 0 Å². The Morgan fingerprint density at radius 1 is 0.400 bits per heavy atom. The third kappa shape index (κ3) is 5.92. The molecular formula is C46H52BBrN2. The maximum absolute atomic E-state index is 3.89. The lowest BCUT2D eigenvalue weighted by Crippen LogP contribution is -2.61. The van der Waals surface area contributed by atoms with Crippen molar-refractivity contribution in [1.29, 1.82) is 0 Å². The first kappa shape index (κ1) is 34.7. The molecule has 0 saturated carbocycles. The molecule has 256 valence electrons. The molecule has 2 aliphatic heterocycles. The summed E-state index contributed by atoms with van der Waals surface area (Å²) in [6.07, 6.45) is 0. The summed E-state index contributed by atoms with van der Waals surface area (Å²) in [6, 6.07) is 37.7. The summed E-state index contributed by atoms with van der Waals surface area (Å²) < 4.78 is 1.10. The SMILES string of the molecule is CC(C)(C)c1ccc(N2c3ccc(Br)cc3B3c4ccc(C(C)(C)C)cc4N(c4ccc(C(C)(C)C)cc4)c4cc(C(C)(C)C)cc2c43)cc1. The van der Waals surface area contributed by atoms with Crippen LogP contribution in [0.4, 0.5) is 34.1 Å². The van der Waals surface area contributed by atoms with Crippen LogP contribution < -0.4 is 26.2 Å². The van der Waals surface area contributed by atoms with Gasteiger partial charge in [-0.1, -0.05) is 141 Å². The predicted octanol–water partition coefficient (Wildman–Crippen LogP) is 11.7. The standard InChI is InChI=1S/C46H52BBrN2/c1-43(2,3)29-13-19-34(20-14-29)49-38-24-18-33(48)28-37(38)47-36-23-17-31(45(7,8)9)25-39(36)50(35-21-15-30(16-22-35)44(4,5)6)41-27-32(46(10,11)12)26-40(49)42(41)47/h13-28H,1-12H3. The number of anilines is 6. The average Bonchev–Trinajstić information content (AvgIpc) is 3.02. The van der Waals surface area contributed by atoms with E-state index in [4.69, 9.17) is 0 Å². The highest BCUT2D eigenvalue weighted by atomic mass is 79.9. The van der Waals surface area contributed by atoms with Gasteiger partial charge in [0.25, 0.3) is 6.71 Å². The first-order valence-corrected chi connectivity index (χ1v) is 19.0. The minimum absolute atomic E-state index is 0.0129. The van der Waals surface area contributed by atoms with E-state index in [9.17, 15) is 0 Å². The van der Waals surface area contributed by atoms with E-state index in [2.05, 4.69) is 206 Å². The molecule has 2 nitrogen and oxygen atoms in total. The minimum atomic E-state index is -0.0575. The maximum atomic E-state index is 3.89. The Morgan fingerprint density at radius 2 is 0.820 bits per heavy atom. The Kier molecular flexibility index (Phi) is 8.07. The van der Waals surface area contributed by atoms with Crippen LogP contribution in [0.2, 0.25) is 0 Å². The van der Waals surface area contributed by atoms with Gasteiger partial charge in [0, 0.05) is 38.6 Å². The van der Waals surface area contributed by atoms with E-state index in [1.807, 2.05) is 0 Å². The molecule has 0 saturated heterocycles. The highest BCUT2D eigenvalue weighted by Crippen LogP contribution is 2.47. The van der Waals surface area contributed by atoms with Gasteiger partial charge in [0.15, 0.2) is 0 Å². The molecule has 0 bridgehead atoms. The molecule has 7 rings (SSSR count). The first-order chi connectivity index (χ1) is 23.2. The molecule has 0 radical (unpaired) electrons. The van der Waals surface area contributed by atoms with Crippen molar-refractivity contribution in [2.24, 2.45) is 0 Å². The van der Waals surface area contributed by atoms with Crippen molar-refractivity contribution in [3.05, 3.63) is 124 Å². The maximum Gasteiger partial charge on any atom is 0.252 e. The van der Waals surface area contributed by atoms with Crippen molar-refractivity contribution in [1.82, 2.24) is 0 Å². The van der Waals surface area contributed by atoms with Gasteiger partial charge in [-0.05, 0) is 115 Å². The Morgan fingerprint density at radius 3 is 1.28 bits per heavy atom. The number of rotatable bonds is 2. The van der Waals surface area contributed by atoms with Gasteiger partial charge in [0.2, 0.25) is 0 Å². The van der Waals surface area contributed by atoms with E-state index in [0.717, 1.165) is 4.47 Å². The third-order valence-electron chi connectivity index (χ3n) is 10.7. The van der Waals surface area contributed by atoms with Crippen LogP contribution in [0.5, 0.6) is 0 Å². The summed E-state index contributed by atoms with van der Waals surface area (Å²) in [5, 5.41) is 0. The van der Waals surface area contributed by atoms with Crippen molar-refractivity contribution in [3.63, 3.8) is 0 Å². The van der Waals surface area contributed by atoms with Gasteiger partial charge in [-0.2, -0.15) is 0 Å². The van der Waals surface area contributed by atoms with E-state index < -0.39 is 0 Å². The van der Waals surface area contributed by atoms with Crippen LogP contribution in [0.3, 0.4) is 0 Å². The van der Waals surface area contributed by atoms with Gasteiger partial charge in [-0.25, -0.2) is 0 Å². The molecule has 50 heavy (non-hydrogen) atoms. The Hall–Kier alpha value is -3.76. The van der Waals surface area contributed by atoms with Crippen LogP contribution in [-0.4, -0.2) is 6.71 Å². The highest BCUT2D eigenvalue weighted by Gasteiger charge is 2.44. The molecule has 2 heterocycles. The molecule has 0 aromatic heterocycles. The second-order valence-corrected chi connectivity index (χ2v) is 19.5. The lowest BCUT2D eigenvalue weighted by molar-refractivity contribution is 0.589. The average molecular weight is 724 g/mol. The van der Waals surface area contributed by atoms with Crippen LogP contribution >= 0.6 is 15.9 Å². The summed E-state index contributed by atoms with van der Waals surface area (Å²) in [5.41, 5.74) is 16.9. The minimum Gasteiger partial charge on any atom is -0.311 e. The van der Waals surface area contributed by atoms with Crippen LogP contribution in [0.25, 0.3) is 0 Å². The van der Waals surface area contributed by atoms with Crippen molar-refractivity contribution < 1.29 is 0 Å². The fourth-order valence-corrected chi connectivity index (χ4v) is 8.02. The fourth-order valence-electron chi connectivity index (χ4n) is 7.65. The van der Waals surface area contributed by atoms with Crippen LogP contribution in [-0.2, 0) is 21.7 Å². The second-order valence-electron chi connectivity index (χ2n) is 18.6. The topological polar surface area (TPSA) is 6.48 Å². The van der Waals surface area contributed by atoms with E-state index in [-0.39, 0.29) is 28.4 Å². The quantitative estimate of drug-likeness (QED) is 0.164. The van der Waals surface area contributed by atoms with Gasteiger partial charge < -0.3 is 9.80 Å². The summed E-state index contributed by atoms with van der Waals surface area (Å²) in [4.78, 5) is 5.08. The first-order valence-electron chi connectivity index (χ1n) is 18.2. The Bertz CT molecular complexity index is 2100. The molecule has 0 aliphatic carbocycles. The number of hydrogen-bond donors (Lipinski definition) is 0. The Balaban J connectivity index is 1.58. The van der Waals surface area contributed by atoms with Gasteiger partial charge >= 0.3 is 0 Å². The van der Waals surface area contributed by atoms with Gasteiger partial charge in [0.05, 0.1) is 0 Å². The van der Waals surface area contributed by atoms with Gasteiger partial charge in [0.1, 0.15) is 0 Å². The highest BCUT2D eigenvalue weighted by molar-refractivity contribution is 9.10. The molecule has 2 aliphatic rings. The third-order valence-corrected chi connectivity index (χ3v) is 11.2. The molecule has 0 fully saturated rings. The van der Waals surface area contributed by atoms with E-state index >= 15 is 0 Å². The van der Waals surface area contributed by atoms with Crippen molar-refractivity contribution in [2.75, 3.05) is 9.80 Å². The normalized spacial score (nSPS) is 14.4. The molecule has 0 amide bonds. The molecule has 5 aromatic rings. The van der Waals surface area contributed by atoms with Crippen molar-refractivity contribution in [2.45, 2.75) is 105 Å². The van der Waals surface area contributed by atoms with Crippen LogP contribution in [0.15, 0.2) is 102 Å². The fraction of sp³-hybridized carbons (Fsp3) is 0.348. The predicted molar refractivity (Wildman–Crippen MR) is 223 cm³/mol. The molecule has 0 spiro atoms. The number of nitrogens with zero attached hydrogens (tertiary/aromatic N) is 2. The molecule has 0 unspecified atom stereocenters. The lowest BCUT2D eigenvalue weighted by atomic mass is 9.33.